The summed E-state index contributed by atoms with van der Waals surface area (Å²) in [5, 5.41) is 3.01. The Morgan fingerprint density at radius 3 is 2.52 bits per heavy atom. The number of hydrogen-bond acceptors (Lipinski definition) is 5. The molecule has 29 heavy (non-hydrogen) atoms. The van der Waals surface area contributed by atoms with Crippen LogP contribution in [0.4, 0.5) is 0 Å². The molecule has 0 radical (unpaired) electrons. The average Bonchev–Trinajstić information content (AvgIpc) is 3.25. The maximum absolute atomic E-state index is 13.2. The molecule has 0 aromatic heterocycles. The van der Waals surface area contributed by atoms with Crippen molar-refractivity contribution in [3.63, 3.8) is 0 Å². The van der Waals surface area contributed by atoms with Gasteiger partial charge in [-0.2, -0.15) is 0 Å². The summed E-state index contributed by atoms with van der Waals surface area (Å²) in [6, 6.07) is 4.76. The highest BCUT2D eigenvalue weighted by Gasteiger charge is 2.27. The average molecular weight is 403 g/mol. The van der Waals surface area contributed by atoms with Gasteiger partial charge in [-0.15, -0.1) is 0 Å². The van der Waals surface area contributed by atoms with E-state index in [0.29, 0.717) is 43.2 Å². The molecular weight excluding hydrogens is 368 g/mol. The largest absolute Gasteiger partial charge is 0.486 e. The van der Waals surface area contributed by atoms with E-state index in [-0.39, 0.29) is 11.7 Å². The fourth-order valence-electron chi connectivity index (χ4n) is 3.97. The fraction of sp³-hybridized carbons (Fsp3) is 0.652. The first-order valence-electron chi connectivity index (χ1n) is 11.1. The van der Waals surface area contributed by atoms with Crippen LogP contribution in [0.25, 0.3) is 0 Å². The molecule has 3 rings (SSSR count). The van der Waals surface area contributed by atoms with E-state index in [4.69, 9.17) is 9.47 Å². The molecule has 1 saturated heterocycles. The Labute approximate surface area is 173 Å². The van der Waals surface area contributed by atoms with E-state index in [9.17, 15) is 9.59 Å². The number of benzene rings is 1. The number of fused-ring (bicyclic) bond motifs is 1. The number of hydrogen-bond donors (Lipinski definition) is 1. The standard InChI is InChI=1S/C23H34N2O4/c1-2-3-4-5-6-9-22(26)24-19(17-25-12-7-8-13-25)23(27)18-10-11-20-21(16-18)29-15-14-28-20/h10-11,16,19H,2-9,12-15,17H2,1H3,(H,24,26)/t19-/m0/s1. The number of nitrogens with zero attached hydrogens (tertiary/aromatic N) is 1. The summed E-state index contributed by atoms with van der Waals surface area (Å²) in [6.07, 6.45) is 8.28. The summed E-state index contributed by atoms with van der Waals surface area (Å²) in [5.41, 5.74) is 0.557. The Balaban J connectivity index is 1.62. The van der Waals surface area contributed by atoms with Crippen LogP contribution in [0, 0.1) is 0 Å². The zero-order chi connectivity index (χ0) is 20.5. The normalized spacial score (nSPS) is 17.1. The molecule has 6 heteroatoms. The van der Waals surface area contributed by atoms with Gasteiger partial charge in [0.2, 0.25) is 5.91 Å². The monoisotopic (exact) mass is 402 g/mol. The SMILES string of the molecule is CCCCCCCC(=O)N[C@@H](CN1CCCC1)C(=O)c1ccc2c(c1)OCCO2. The molecule has 0 unspecified atom stereocenters. The van der Waals surface area contributed by atoms with Gasteiger partial charge in [-0.3, -0.25) is 9.59 Å². The number of unbranched alkanes of at least 4 members (excludes halogenated alkanes) is 4. The van der Waals surface area contributed by atoms with Crippen molar-refractivity contribution < 1.29 is 19.1 Å². The van der Waals surface area contributed by atoms with Gasteiger partial charge in [0.15, 0.2) is 17.3 Å². The van der Waals surface area contributed by atoms with Crippen molar-refractivity contribution in [1.29, 1.82) is 0 Å². The zero-order valence-electron chi connectivity index (χ0n) is 17.6. The molecule has 2 aliphatic rings. The van der Waals surface area contributed by atoms with Crippen LogP contribution < -0.4 is 14.8 Å². The molecule has 160 valence electrons. The van der Waals surface area contributed by atoms with Crippen molar-refractivity contribution >= 4 is 11.7 Å². The highest BCUT2D eigenvalue weighted by atomic mass is 16.6. The summed E-state index contributed by atoms with van der Waals surface area (Å²) in [7, 11) is 0. The van der Waals surface area contributed by atoms with Gasteiger partial charge in [-0.25, -0.2) is 0 Å². The molecule has 1 atom stereocenters. The second kappa shape index (κ2) is 11.2. The highest BCUT2D eigenvalue weighted by Crippen LogP contribution is 2.31. The molecule has 0 aliphatic carbocycles. The number of carbonyl (C=O) groups is 2. The van der Waals surface area contributed by atoms with Crippen LogP contribution in [0.5, 0.6) is 11.5 Å². The number of rotatable bonds is 11. The Hall–Kier alpha value is -2.08. The third kappa shape index (κ3) is 6.46. The molecule has 1 aromatic rings. The number of carbonyl (C=O) groups excluding carboxylic acids is 2. The Bertz CT molecular complexity index is 685. The quantitative estimate of drug-likeness (QED) is 0.453. The summed E-state index contributed by atoms with van der Waals surface area (Å²) >= 11 is 0. The molecule has 2 heterocycles. The van der Waals surface area contributed by atoms with Crippen LogP contribution in [-0.4, -0.2) is 55.5 Å². The summed E-state index contributed by atoms with van der Waals surface area (Å²) in [5.74, 6) is 1.18. The molecule has 1 N–H and O–H groups in total. The summed E-state index contributed by atoms with van der Waals surface area (Å²) in [6.45, 7) is 5.71. The number of Topliss-reactive ketones (excluding diaryl/α,β-unsaturated/α-hetero) is 1. The van der Waals surface area contributed by atoms with Gasteiger partial charge in [0.25, 0.3) is 0 Å². The van der Waals surface area contributed by atoms with Gasteiger partial charge in [0, 0.05) is 18.5 Å². The molecule has 6 nitrogen and oxygen atoms in total. The maximum Gasteiger partial charge on any atom is 0.220 e. The van der Waals surface area contributed by atoms with Crippen LogP contribution in [0.1, 0.15) is 68.6 Å². The van der Waals surface area contributed by atoms with Crippen LogP contribution >= 0.6 is 0 Å². The first-order chi connectivity index (χ1) is 14.2. The third-order valence-electron chi connectivity index (χ3n) is 5.63. The second-order valence-corrected chi connectivity index (χ2v) is 8.01. The van der Waals surface area contributed by atoms with Crippen molar-refractivity contribution in [1.82, 2.24) is 10.2 Å². The Kier molecular flexibility index (Phi) is 8.35. The topological polar surface area (TPSA) is 67.9 Å². The molecule has 0 bridgehead atoms. The Morgan fingerprint density at radius 1 is 1.03 bits per heavy atom. The highest BCUT2D eigenvalue weighted by molar-refractivity contribution is 6.02. The van der Waals surface area contributed by atoms with Crippen molar-refractivity contribution in [3.05, 3.63) is 23.8 Å². The van der Waals surface area contributed by atoms with Gasteiger partial charge in [0.05, 0.1) is 0 Å². The minimum Gasteiger partial charge on any atom is -0.486 e. The lowest BCUT2D eigenvalue weighted by Crippen LogP contribution is -2.48. The molecule has 1 aromatic carbocycles. The molecule has 2 aliphatic heterocycles. The van der Waals surface area contributed by atoms with Crippen molar-refractivity contribution in [3.8, 4) is 11.5 Å². The molecule has 1 amide bonds. The van der Waals surface area contributed by atoms with E-state index in [1.807, 2.05) is 0 Å². The van der Waals surface area contributed by atoms with Crippen LogP contribution in [0.3, 0.4) is 0 Å². The van der Waals surface area contributed by atoms with E-state index in [0.717, 1.165) is 45.2 Å². The second-order valence-electron chi connectivity index (χ2n) is 8.01. The Morgan fingerprint density at radius 2 is 1.76 bits per heavy atom. The number of amides is 1. The van der Waals surface area contributed by atoms with Crippen LogP contribution in [-0.2, 0) is 4.79 Å². The van der Waals surface area contributed by atoms with Gasteiger partial charge in [-0.05, 0) is 50.6 Å². The lowest BCUT2D eigenvalue weighted by molar-refractivity contribution is -0.121. The zero-order valence-corrected chi connectivity index (χ0v) is 17.6. The first-order valence-corrected chi connectivity index (χ1v) is 11.1. The first kappa shape index (κ1) is 21.6. The van der Waals surface area contributed by atoms with E-state index in [1.54, 1.807) is 18.2 Å². The van der Waals surface area contributed by atoms with Gasteiger partial charge >= 0.3 is 0 Å². The predicted octanol–water partition coefficient (Wildman–Crippen LogP) is 3.58. The predicted molar refractivity (Wildman–Crippen MR) is 113 cm³/mol. The van der Waals surface area contributed by atoms with E-state index in [2.05, 4.69) is 17.1 Å². The van der Waals surface area contributed by atoms with Crippen molar-refractivity contribution in [2.45, 2.75) is 64.3 Å². The number of ketones is 1. The summed E-state index contributed by atoms with van der Waals surface area (Å²) < 4.78 is 11.2. The lowest BCUT2D eigenvalue weighted by atomic mass is 10.0. The fourth-order valence-corrected chi connectivity index (χ4v) is 3.97. The van der Waals surface area contributed by atoms with Crippen LogP contribution in [0.15, 0.2) is 18.2 Å². The molecule has 0 spiro atoms. The third-order valence-corrected chi connectivity index (χ3v) is 5.63. The molecular formula is C23H34N2O4. The number of ether oxygens (including phenoxy) is 2. The summed E-state index contributed by atoms with van der Waals surface area (Å²) in [4.78, 5) is 28.0. The number of likely N-dealkylation sites (tertiary alicyclic amines) is 1. The minimum atomic E-state index is -0.529. The minimum absolute atomic E-state index is 0.0309. The smallest absolute Gasteiger partial charge is 0.220 e. The van der Waals surface area contributed by atoms with Crippen LogP contribution in [0.2, 0.25) is 0 Å². The molecule has 0 saturated carbocycles. The van der Waals surface area contributed by atoms with Crippen molar-refractivity contribution in [2.24, 2.45) is 0 Å². The van der Waals surface area contributed by atoms with Gasteiger partial charge in [-0.1, -0.05) is 32.6 Å². The molecule has 1 fully saturated rings. The van der Waals surface area contributed by atoms with E-state index < -0.39 is 6.04 Å². The lowest BCUT2D eigenvalue weighted by Gasteiger charge is -2.24. The van der Waals surface area contributed by atoms with E-state index >= 15 is 0 Å². The number of nitrogens with one attached hydrogen (secondary N) is 1. The van der Waals surface area contributed by atoms with Gasteiger partial charge in [0.1, 0.15) is 19.3 Å². The van der Waals surface area contributed by atoms with E-state index in [1.165, 1.54) is 12.8 Å². The van der Waals surface area contributed by atoms with Gasteiger partial charge < -0.3 is 19.7 Å². The van der Waals surface area contributed by atoms with Crippen molar-refractivity contribution in [2.75, 3.05) is 32.8 Å². The maximum atomic E-state index is 13.2.